The van der Waals surface area contributed by atoms with Crippen molar-refractivity contribution in [3.63, 3.8) is 0 Å². The Kier molecular flexibility index (Phi) is 4.28. The van der Waals surface area contributed by atoms with Crippen LogP contribution in [-0.4, -0.2) is 56.8 Å². The van der Waals surface area contributed by atoms with Gasteiger partial charge < -0.3 is 19.8 Å². The van der Waals surface area contributed by atoms with Gasteiger partial charge in [0.1, 0.15) is 6.33 Å². The molecule has 0 amide bonds. The quantitative estimate of drug-likeness (QED) is 0.744. The number of hydrogen-bond donors (Lipinski definition) is 2. The Bertz CT molecular complexity index is 501. The van der Waals surface area contributed by atoms with Crippen LogP contribution in [0.15, 0.2) is 6.33 Å². The zero-order valence-corrected chi connectivity index (χ0v) is 10.6. The first-order chi connectivity index (χ1) is 9.56. The number of ether oxygens (including phenoxy) is 1. The van der Waals surface area contributed by atoms with E-state index in [1.54, 1.807) is 0 Å². The van der Waals surface area contributed by atoms with Gasteiger partial charge in [0.05, 0.1) is 5.92 Å². The van der Waals surface area contributed by atoms with Crippen molar-refractivity contribution in [2.75, 3.05) is 24.6 Å². The van der Waals surface area contributed by atoms with Crippen LogP contribution in [0, 0.1) is 5.92 Å². The maximum Gasteiger partial charge on any atom is 0.341 e. The van der Waals surface area contributed by atoms with Crippen LogP contribution in [0.25, 0.3) is 0 Å². The van der Waals surface area contributed by atoms with E-state index in [0.29, 0.717) is 31.9 Å². The fourth-order valence-corrected chi connectivity index (χ4v) is 1.95. The van der Waals surface area contributed by atoms with Crippen LogP contribution < -0.4 is 9.64 Å². The van der Waals surface area contributed by atoms with E-state index < -0.39 is 18.5 Å². The Labute approximate surface area is 114 Å². The lowest BCUT2D eigenvalue weighted by atomic mass is 9.97. The third kappa shape index (κ3) is 3.53. The van der Waals surface area contributed by atoms with E-state index in [2.05, 4.69) is 15.0 Å². The second kappa shape index (κ2) is 6.13. The van der Waals surface area contributed by atoms with Crippen molar-refractivity contribution < 1.29 is 24.5 Å². The minimum absolute atomic E-state index is 0.0576. The van der Waals surface area contributed by atoms with E-state index in [1.165, 1.54) is 6.33 Å². The summed E-state index contributed by atoms with van der Waals surface area (Å²) in [5.41, 5.74) is 0. The van der Waals surface area contributed by atoms with Crippen molar-refractivity contribution >= 4 is 17.9 Å². The van der Waals surface area contributed by atoms with E-state index in [9.17, 15) is 9.59 Å². The average Bonchev–Trinajstić information content (AvgIpc) is 2.45. The second-order valence-corrected chi connectivity index (χ2v) is 4.35. The lowest BCUT2D eigenvalue weighted by Gasteiger charge is -2.29. The van der Waals surface area contributed by atoms with E-state index in [0.717, 1.165) is 0 Å². The normalized spacial score (nSPS) is 15.9. The number of aliphatic carboxylic acids is 2. The molecule has 20 heavy (non-hydrogen) atoms. The molecule has 0 unspecified atom stereocenters. The first-order valence-corrected chi connectivity index (χ1v) is 6.07. The summed E-state index contributed by atoms with van der Waals surface area (Å²) >= 11 is 0. The number of piperidine rings is 1. The molecule has 0 aliphatic carbocycles. The standard InChI is InChI=1S/C11H14N4O5/c16-8(17)5-20-11-13-6-12-10(14-11)15-3-1-7(2-4-15)9(18)19/h6-7H,1-5H2,(H,16,17)(H,18,19). The molecule has 9 heteroatoms. The highest BCUT2D eigenvalue weighted by Gasteiger charge is 2.25. The van der Waals surface area contributed by atoms with Crippen LogP contribution >= 0.6 is 0 Å². The van der Waals surface area contributed by atoms with Crippen molar-refractivity contribution in [3.8, 4) is 6.01 Å². The molecule has 2 heterocycles. The Morgan fingerprint density at radius 1 is 1.30 bits per heavy atom. The molecular weight excluding hydrogens is 268 g/mol. The maximum atomic E-state index is 10.9. The van der Waals surface area contributed by atoms with E-state index in [-0.39, 0.29) is 11.9 Å². The summed E-state index contributed by atoms with van der Waals surface area (Å²) in [7, 11) is 0. The lowest BCUT2D eigenvalue weighted by Crippen LogP contribution is -2.37. The molecule has 0 atom stereocenters. The number of anilines is 1. The summed E-state index contributed by atoms with van der Waals surface area (Å²) < 4.78 is 4.88. The Morgan fingerprint density at radius 3 is 2.60 bits per heavy atom. The SMILES string of the molecule is O=C(O)COc1ncnc(N2CCC(C(=O)O)CC2)n1. The van der Waals surface area contributed by atoms with Crippen LogP contribution in [0.1, 0.15) is 12.8 Å². The average molecular weight is 282 g/mol. The molecule has 1 aromatic rings. The van der Waals surface area contributed by atoms with E-state index >= 15 is 0 Å². The minimum Gasteiger partial charge on any atom is -0.481 e. The minimum atomic E-state index is -1.12. The van der Waals surface area contributed by atoms with Crippen molar-refractivity contribution in [1.82, 2.24) is 15.0 Å². The number of carbonyl (C=O) groups is 2. The van der Waals surface area contributed by atoms with Crippen molar-refractivity contribution in [2.24, 2.45) is 5.92 Å². The van der Waals surface area contributed by atoms with Gasteiger partial charge in [0.2, 0.25) is 5.95 Å². The number of rotatable bonds is 5. The molecule has 1 aromatic heterocycles. The number of nitrogens with zero attached hydrogens (tertiary/aromatic N) is 4. The van der Waals surface area contributed by atoms with E-state index in [1.807, 2.05) is 4.90 Å². The maximum absolute atomic E-state index is 10.9. The highest BCUT2D eigenvalue weighted by atomic mass is 16.5. The molecule has 1 aliphatic rings. The third-order valence-corrected chi connectivity index (χ3v) is 2.99. The largest absolute Gasteiger partial charge is 0.481 e. The monoisotopic (exact) mass is 282 g/mol. The smallest absolute Gasteiger partial charge is 0.341 e. The van der Waals surface area contributed by atoms with Gasteiger partial charge in [-0.25, -0.2) is 9.78 Å². The fourth-order valence-electron chi connectivity index (χ4n) is 1.95. The summed E-state index contributed by atoms with van der Waals surface area (Å²) in [6.45, 7) is 0.531. The highest BCUT2D eigenvalue weighted by Crippen LogP contribution is 2.21. The Balaban J connectivity index is 1.97. The summed E-state index contributed by atoms with van der Waals surface area (Å²) in [4.78, 5) is 34.8. The van der Waals surface area contributed by atoms with Crippen molar-refractivity contribution in [3.05, 3.63) is 6.33 Å². The van der Waals surface area contributed by atoms with Gasteiger partial charge in [-0.2, -0.15) is 9.97 Å². The number of aromatic nitrogens is 3. The zero-order valence-electron chi connectivity index (χ0n) is 10.6. The van der Waals surface area contributed by atoms with Gasteiger partial charge in [-0.05, 0) is 12.8 Å². The van der Waals surface area contributed by atoms with Crippen LogP contribution in [0.3, 0.4) is 0 Å². The topological polar surface area (TPSA) is 126 Å². The summed E-state index contributed by atoms with van der Waals surface area (Å²) in [5, 5.41) is 17.4. The summed E-state index contributed by atoms with van der Waals surface area (Å²) in [6, 6.07) is -0.0576. The van der Waals surface area contributed by atoms with Gasteiger partial charge in [-0.3, -0.25) is 4.79 Å². The number of carboxylic acid groups (broad SMARTS) is 2. The van der Waals surface area contributed by atoms with Crippen molar-refractivity contribution in [2.45, 2.75) is 12.8 Å². The lowest BCUT2D eigenvalue weighted by molar-refractivity contribution is -0.142. The molecule has 0 bridgehead atoms. The first-order valence-electron chi connectivity index (χ1n) is 6.07. The van der Waals surface area contributed by atoms with Crippen LogP contribution in [0.2, 0.25) is 0 Å². The highest BCUT2D eigenvalue weighted by molar-refractivity contribution is 5.70. The fraction of sp³-hybridized carbons (Fsp3) is 0.545. The van der Waals surface area contributed by atoms with Gasteiger partial charge in [0.25, 0.3) is 0 Å². The third-order valence-electron chi connectivity index (χ3n) is 2.99. The molecule has 2 N–H and O–H groups in total. The molecule has 0 radical (unpaired) electrons. The van der Waals surface area contributed by atoms with Gasteiger partial charge in [-0.1, -0.05) is 0 Å². The summed E-state index contributed by atoms with van der Waals surface area (Å²) in [5.74, 6) is -1.87. The second-order valence-electron chi connectivity index (χ2n) is 4.35. The number of carboxylic acids is 2. The summed E-state index contributed by atoms with van der Waals surface area (Å²) in [6.07, 6.45) is 2.28. The molecular formula is C11H14N4O5. The molecule has 0 aromatic carbocycles. The predicted octanol–water partition coefficient (Wildman–Crippen LogP) is -0.364. The molecule has 2 rings (SSSR count). The Morgan fingerprint density at radius 2 is 2.00 bits per heavy atom. The molecule has 0 saturated carbocycles. The molecule has 1 fully saturated rings. The predicted molar refractivity (Wildman–Crippen MR) is 65.5 cm³/mol. The first kappa shape index (κ1) is 14.0. The van der Waals surface area contributed by atoms with Crippen LogP contribution in [0.5, 0.6) is 6.01 Å². The van der Waals surface area contributed by atoms with Gasteiger partial charge in [0, 0.05) is 13.1 Å². The zero-order chi connectivity index (χ0) is 14.5. The van der Waals surface area contributed by atoms with Gasteiger partial charge in [-0.15, -0.1) is 0 Å². The molecule has 0 spiro atoms. The van der Waals surface area contributed by atoms with E-state index in [4.69, 9.17) is 14.9 Å². The molecule has 1 saturated heterocycles. The molecule has 108 valence electrons. The molecule has 1 aliphatic heterocycles. The van der Waals surface area contributed by atoms with Crippen LogP contribution in [0.4, 0.5) is 5.95 Å². The molecule has 9 nitrogen and oxygen atoms in total. The Hall–Kier alpha value is -2.45. The number of hydrogen-bond acceptors (Lipinski definition) is 7. The van der Waals surface area contributed by atoms with Gasteiger partial charge in [0.15, 0.2) is 6.61 Å². The van der Waals surface area contributed by atoms with Gasteiger partial charge >= 0.3 is 17.9 Å². The van der Waals surface area contributed by atoms with Crippen LogP contribution in [-0.2, 0) is 9.59 Å². The van der Waals surface area contributed by atoms with Crippen molar-refractivity contribution in [1.29, 1.82) is 0 Å².